The van der Waals surface area contributed by atoms with E-state index in [-0.39, 0.29) is 11.2 Å². The van der Waals surface area contributed by atoms with E-state index in [1.165, 1.54) is 0 Å². The molecule has 1 aliphatic heterocycles. The van der Waals surface area contributed by atoms with Crippen LogP contribution in [0, 0.1) is 34.6 Å². The number of phenolic OH excluding ortho intramolecular Hbond substituents is 1. The molecule has 1 aromatic rings. The first-order chi connectivity index (χ1) is 9.82. The summed E-state index contributed by atoms with van der Waals surface area (Å²) in [5.41, 5.74) is 5.60. The number of nitrogens with zero attached hydrogens (tertiary/aromatic N) is 1. The lowest BCUT2D eigenvalue weighted by atomic mass is 10.0. The van der Waals surface area contributed by atoms with Crippen LogP contribution in [-0.4, -0.2) is 10.1 Å². The van der Waals surface area contributed by atoms with Crippen LogP contribution in [0.2, 0.25) is 0 Å². The van der Waals surface area contributed by atoms with Crippen LogP contribution in [0.1, 0.15) is 27.8 Å². The maximum absolute atomic E-state index is 11.9. The van der Waals surface area contributed by atoms with Gasteiger partial charge in [-0.25, -0.2) is 4.98 Å². The van der Waals surface area contributed by atoms with E-state index in [1.54, 1.807) is 19.9 Å². The van der Waals surface area contributed by atoms with Gasteiger partial charge in [-0.3, -0.25) is 4.79 Å². The summed E-state index contributed by atoms with van der Waals surface area (Å²) in [5, 5.41) is 10.2. The minimum Gasteiger partial charge on any atom is -0.507 e. The Balaban J connectivity index is 2.63. The molecule has 0 aromatic heterocycles. The molecule has 108 valence electrons. The molecule has 21 heavy (non-hydrogen) atoms. The topological polar surface area (TPSA) is 63.3 Å². The summed E-state index contributed by atoms with van der Waals surface area (Å²) >= 11 is 0. The molecule has 0 radical (unpaired) electrons. The monoisotopic (exact) mass is 283 g/mol. The Labute approximate surface area is 122 Å². The summed E-state index contributed by atoms with van der Waals surface area (Å²) in [6.07, 6.45) is 0. The number of phenols is 1. The van der Waals surface area contributed by atoms with Crippen LogP contribution in [0.15, 0.2) is 15.3 Å². The summed E-state index contributed by atoms with van der Waals surface area (Å²) in [6.45, 7) is 9.16. The molecule has 0 unspecified atom stereocenters. The molecule has 0 bridgehead atoms. The van der Waals surface area contributed by atoms with Crippen molar-refractivity contribution in [2.24, 2.45) is 0 Å². The highest BCUT2D eigenvalue weighted by atomic mass is 16.3. The second-order valence-corrected chi connectivity index (χ2v) is 5.61. The van der Waals surface area contributed by atoms with E-state index >= 15 is 0 Å². The molecule has 0 saturated carbocycles. The molecule has 4 nitrogen and oxygen atoms in total. The molecule has 0 spiro atoms. The van der Waals surface area contributed by atoms with Gasteiger partial charge in [0.25, 0.3) is 0 Å². The predicted molar refractivity (Wildman–Crippen MR) is 82.3 cm³/mol. The zero-order valence-electron chi connectivity index (χ0n) is 12.8. The van der Waals surface area contributed by atoms with Gasteiger partial charge >= 0.3 is 0 Å². The van der Waals surface area contributed by atoms with Crippen LogP contribution in [0.5, 0.6) is 5.75 Å². The number of aromatic nitrogens is 1. The van der Waals surface area contributed by atoms with Crippen LogP contribution < -0.4 is 5.43 Å². The third kappa shape index (κ3) is 1.75. The number of hydrogen-bond acceptors (Lipinski definition) is 4. The molecule has 2 aliphatic rings. The molecule has 3 rings (SSSR count). The minimum atomic E-state index is -0.0596. The van der Waals surface area contributed by atoms with Crippen molar-refractivity contribution in [3.63, 3.8) is 0 Å². The van der Waals surface area contributed by atoms with Crippen molar-refractivity contribution in [2.45, 2.75) is 34.6 Å². The quantitative estimate of drug-likeness (QED) is 0.641. The average molecular weight is 283 g/mol. The fraction of sp³-hybridized carbons (Fsp3) is 0.294. The van der Waals surface area contributed by atoms with Crippen molar-refractivity contribution < 1.29 is 9.52 Å². The fourth-order valence-corrected chi connectivity index (χ4v) is 2.67. The third-order valence-corrected chi connectivity index (χ3v) is 4.26. The Morgan fingerprint density at radius 1 is 1.00 bits per heavy atom. The van der Waals surface area contributed by atoms with Crippen LogP contribution in [-0.2, 0) is 0 Å². The van der Waals surface area contributed by atoms with Crippen LogP contribution in [0.25, 0.3) is 22.6 Å². The van der Waals surface area contributed by atoms with Gasteiger partial charge in [-0.1, -0.05) is 0 Å². The van der Waals surface area contributed by atoms with Crippen LogP contribution in [0.4, 0.5) is 0 Å². The lowest BCUT2D eigenvalue weighted by molar-refractivity contribution is 0.464. The first kappa shape index (κ1) is 13.6. The van der Waals surface area contributed by atoms with Crippen molar-refractivity contribution in [3.8, 4) is 17.2 Å². The Kier molecular flexibility index (Phi) is 2.80. The lowest BCUT2D eigenvalue weighted by Gasteiger charge is -2.15. The summed E-state index contributed by atoms with van der Waals surface area (Å²) in [5.74, 6) is 0.718. The summed E-state index contributed by atoms with van der Waals surface area (Å²) in [6, 6.07) is 1.58. The zero-order valence-corrected chi connectivity index (χ0v) is 12.8. The second-order valence-electron chi connectivity index (χ2n) is 5.61. The molecule has 1 N–H and O–H groups in total. The Hall–Kier alpha value is -2.36. The zero-order chi connectivity index (χ0) is 15.5. The van der Waals surface area contributed by atoms with Gasteiger partial charge in [0.2, 0.25) is 0 Å². The number of hydrogen-bond donors (Lipinski definition) is 1. The van der Waals surface area contributed by atoms with Crippen molar-refractivity contribution in [1.29, 1.82) is 0 Å². The minimum absolute atomic E-state index is 0.0596. The molecule has 1 aromatic carbocycles. The van der Waals surface area contributed by atoms with Crippen molar-refractivity contribution >= 4 is 11.1 Å². The standard InChI is InChI=1S/C17H17NO3/c1-7-6-12(19)10(4)16-13(7)18-14-8(2)9(3)15(20)11(5)17(14)21-16/h6,20H,1-5H3. The van der Waals surface area contributed by atoms with E-state index in [0.29, 0.717) is 28.2 Å². The SMILES string of the molecule is Cc1cc(=O)c(C)c2oc3c(C)c(O)c(C)c(C)c3nc1-2. The fourth-order valence-electron chi connectivity index (χ4n) is 2.67. The van der Waals surface area contributed by atoms with Gasteiger partial charge in [-0.05, 0) is 57.4 Å². The van der Waals surface area contributed by atoms with Crippen LogP contribution >= 0.6 is 0 Å². The van der Waals surface area contributed by atoms with Gasteiger partial charge in [0.15, 0.2) is 16.8 Å². The first-order valence-corrected chi connectivity index (χ1v) is 6.86. The number of rotatable bonds is 0. The molecule has 0 saturated heterocycles. The van der Waals surface area contributed by atoms with Gasteiger partial charge in [-0.2, -0.15) is 0 Å². The molecular weight excluding hydrogens is 266 g/mol. The highest BCUT2D eigenvalue weighted by Crippen LogP contribution is 2.37. The highest BCUT2D eigenvalue weighted by molar-refractivity contribution is 5.86. The maximum Gasteiger partial charge on any atom is 0.185 e. The van der Waals surface area contributed by atoms with Gasteiger partial charge in [-0.15, -0.1) is 0 Å². The van der Waals surface area contributed by atoms with Gasteiger partial charge in [0, 0.05) is 11.1 Å². The van der Waals surface area contributed by atoms with Gasteiger partial charge < -0.3 is 9.52 Å². The normalized spacial score (nSPS) is 11.5. The van der Waals surface area contributed by atoms with E-state index in [0.717, 1.165) is 22.2 Å². The largest absolute Gasteiger partial charge is 0.507 e. The predicted octanol–water partition coefficient (Wildman–Crippen LogP) is 3.54. The number of aryl methyl sites for hydroxylation is 3. The maximum atomic E-state index is 11.9. The van der Waals surface area contributed by atoms with Crippen molar-refractivity contribution in [1.82, 2.24) is 4.98 Å². The Morgan fingerprint density at radius 2 is 1.67 bits per heavy atom. The molecule has 0 fully saturated rings. The molecular formula is C17H17NO3. The van der Waals surface area contributed by atoms with E-state index in [4.69, 9.17) is 9.40 Å². The number of aromatic hydroxyl groups is 1. The molecule has 0 amide bonds. The van der Waals surface area contributed by atoms with E-state index in [9.17, 15) is 9.90 Å². The Bertz CT molecular complexity index is 922. The lowest BCUT2D eigenvalue weighted by Crippen LogP contribution is -2.09. The molecule has 1 heterocycles. The molecule has 0 atom stereocenters. The number of fused-ring (bicyclic) bond motifs is 2. The van der Waals surface area contributed by atoms with Gasteiger partial charge in [0.1, 0.15) is 17.0 Å². The smallest absolute Gasteiger partial charge is 0.185 e. The van der Waals surface area contributed by atoms with Crippen molar-refractivity contribution in [2.75, 3.05) is 0 Å². The summed E-state index contributed by atoms with van der Waals surface area (Å²) in [7, 11) is 0. The van der Waals surface area contributed by atoms with E-state index in [1.807, 2.05) is 20.8 Å². The Morgan fingerprint density at radius 3 is 2.33 bits per heavy atom. The third-order valence-electron chi connectivity index (χ3n) is 4.26. The van der Waals surface area contributed by atoms with Gasteiger partial charge in [0.05, 0.1) is 0 Å². The molecule has 4 heteroatoms. The van der Waals surface area contributed by atoms with Crippen molar-refractivity contribution in [3.05, 3.63) is 44.1 Å². The average Bonchev–Trinajstić information content (AvgIpc) is 2.47. The van der Waals surface area contributed by atoms with E-state index < -0.39 is 0 Å². The number of benzene rings is 2. The van der Waals surface area contributed by atoms with E-state index in [2.05, 4.69) is 0 Å². The summed E-state index contributed by atoms with van der Waals surface area (Å²) < 4.78 is 5.96. The molecule has 1 aliphatic carbocycles. The first-order valence-electron chi connectivity index (χ1n) is 6.86. The highest BCUT2D eigenvalue weighted by Gasteiger charge is 2.21. The van der Waals surface area contributed by atoms with Crippen LogP contribution in [0.3, 0.4) is 0 Å². The summed E-state index contributed by atoms with van der Waals surface area (Å²) in [4.78, 5) is 16.6. The second kappa shape index (κ2) is 4.32.